The summed E-state index contributed by atoms with van der Waals surface area (Å²) in [5, 5.41) is 9.30. The van der Waals surface area contributed by atoms with Crippen LogP contribution < -0.4 is 10.2 Å². The highest BCUT2D eigenvalue weighted by Gasteiger charge is 2.42. The molecule has 0 aliphatic carbocycles. The van der Waals surface area contributed by atoms with Crippen molar-refractivity contribution in [2.24, 2.45) is 7.05 Å². The lowest BCUT2D eigenvalue weighted by atomic mass is 9.97. The molecule has 10 nitrogen and oxygen atoms in total. The van der Waals surface area contributed by atoms with Gasteiger partial charge in [-0.25, -0.2) is 14.8 Å². The van der Waals surface area contributed by atoms with Gasteiger partial charge in [0.1, 0.15) is 23.7 Å². The number of carbonyl (C=O) groups is 1. The van der Waals surface area contributed by atoms with Gasteiger partial charge in [0.15, 0.2) is 5.65 Å². The van der Waals surface area contributed by atoms with Gasteiger partial charge in [-0.1, -0.05) is 31.2 Å². The van der Waals surface area contributed by atoms with E-state index in [-0.39, 0.29) is 24.2 Å². The second kappa shape index (κ2) is 11.9. The van der Waals surface area contributed by atoms with Crippen molar-refractivity contribution >= 4 is 53.7 Å². The van der Waals surface area contributed by atoms with E-state index in [9.17, 15) is 4.79 Å². The summed E-state index contributed by atoms with van der Waals surface area (Å²) >= 11 is 7.05. The van der Waals surface area contributed by atoms with Crippen LogP contribution in [0.25, 0.3) is 33.2 Å². The lowest BCUT2D eigenvalue weighted by molar-refractivity contribution is 0.0492. The Bertz CT molecular complexity index is 1720. The van der Waals surface area contributed by atoms with Gasteiger partial charge in [0.05, 0.1) is 16.7 Å². The van der Waals surface area contributed by atoms with Gasteiger partial charge in [-0.2, -0.15) is 5.10 Å². The van der Waals surface area contributed by atoms with Crippen LogP contribution in [0.2, 0.25) is 30.7 Å². The molecule has 1 N–H and O–H groups in total. The lowest BCUT2D eigenvalue weighted by Gasteiger charge is -2.39. The fourth-order valence-electron chi connectivity index (χ4n) is 6.77. The molecular weight excluding hydrogens is 606 g/mol. The molecule has 5 heterocycles. The number of halogens is 1. The first-order valence-electron chi connectivity index (χ1n) is 16.0. The zero-order valence-electron chi connectivity index (χ0n) is 27.8. The van der Waals surface area contributed by atoms with E-state index in [1.807, 2.05) is 40.2 Å². The number of amides is 1. The van der Waals surface area contributed by atoms with Gasteiger partial charge in [-0.05, 0) is 71.1 Å². The highest BCUT2D eigenvalue weighted by Crippen LogP contribution is 2.42. The normalized spacial score (nSPS) is 20.4. The largest absolute Gasteiger partial charge is 0.444 e. The first-order valence-corrected chi connectivity index (χ1v) is 20.1. The number of benzene rings is 1. The lowest BCUT2D eigenvalue weighted by Crippen LogP contribution is -2.51. The molecule has 0 saturated carbocycles. The average Bonchev–Trinajstić information content (AvgIpc) is 3.58. The number of anilines is 1. The number of rotatable bonds is 8. The minimum Gasteiger partial charge on any atom is -0.444 e. The van der Waals surface area contributed by atoms with E-state index < -0.39 is 13.7 Å². The fraction of sp³-hybridized carbons (Fsp3) is 0.576. The SMILES string of the molecule is Cc1cc(-c2cn(COCC[Si](C)(C)C)c3nc(N4[C@@H]5CC[C@H]4CC(NC(=O)OC(C)(C)C)C5)cnc23)c(Cl)c2cn(C)nc12. The number of carbonyl (C=O) groups excluding carboxylic acids is 1. The third kappa shape index (κ3) is 6.71. The van der Waals surface area contributed by atoms with Crippen LogP contribution in [0.4, 0.5) is 10.6 Å². The summed E-state index contributed by atoms with van der Waals surface area (Å²) in [5.74, 6) is 0.865. The topological polar surface area (TPSA) is 99.3 Å². The van der Waals surface area contributed by atoms with Crippen molar-refractivity contribution in [1.82, 2.24) is 29.6 Å². The summed E-state index contributed by atoms with van der Waals surface area (Å²) in [4.78, 5) is 25.2. The maximum Gasteiger partial charge on any atom is 0.407 e. The molecule has 3 aromatic heterocycles. The molecule has 1 unspecified atom stereocenters. The molecular formula is C33H46ClN7O3Si. The Morgan fingerprint density at radius 1 is 1.11 bits per heavy atom. The van der Waals surface area contributed by atoms with Crippen LogP contribution in [-0.2, 0) is 23.3 Å². The number of piperidine rings is 1. The summed E-state index contributed by atoms with van der Waals surface area (Å²) in [5.41, 5.74) is 4.86. The van der Waals surface area contributed by atoms with Crippen LogP contribution in [0.15, 0.2) is 24.7 Å². The fourth-order valence-corrected chi connectivity index (χ4v) is 7.82. The van der Waals surface area contributed by atoms with Gasteiger partial charge in [0.25, 0.3) is 0 Å². The van der Waals surface area contributed by atoms with Gasteiger partial charge in [0.2, 0.25) is 0 Å². The molecule has 45 heavy (non-hydrogen) atoms. The van der Waals surface area contributed by atoms with Gasteiger partial charge in [0, 0.05) is 68.8 Å². The molecule has 6 rings (SSSR count). The molecule has 2 aliphatic rings. The molecule has 2 fully saturated rings. The second-order valence-electron chi connectivity index (χ2n) is 15.0. The van der Waals surface area contributed by atoms with Crippen LogP contribution in [0, 0.1) is 6.92 Å². The van der Waals surface area contributed by atoms with Gasteiger partial charge >= 0.3 is 6.09 Å². The molecule has 4 aromatic rings. The van der Waals surface area contributed by atoms with Crippen molar-refractivity contribution in [3.8, 4) is 11.1 Å². The van der Waals surface area contributed by atoms with Crippen LogP contribution in [0.1, 0.15) is 52.0 Å². The molecule has 1 aromatic carbocycles. The monoisotopic (exact) mass is 651 g/mol. The Labute approximate surface area is 271 Å². The van der Waals surface area contributed by atoms with Gasteiger partial charge in [-0.15, -0.1) is 0 Å². The van der Waals surface area contributed by atoms with Crippen LogP contribution in [0.3, 0.4) is 0 Å². The quantitative estimate of drug-likeness (QED) is 0.158. The highest BCUT2D eigenvalue weighted by atomic mass is 35.5. The number of hydrogen-bond donors (Lipinski definition) is 1. The van der Waals surface area contributed by atoms with Crippen molar-refractivity contribution in [2.75, 3.05) is 11.5 Å². The Balaban J connectivity index is 1.32. The van der Waals surface area contributed by atoms with Crippen LogP contribution in [0.5, 0.6) is 0 Å². The van der Waals surface area contributed by atoms with E-state index in [4.69, 9.17) is 31.0 Å². The highest BCUT2D eigenvalue weighted by molar-refractivity contribution is 6.76. The zero-order valence-corrected chi connectivity index (χ0v) is 29.5. The number of nitrogens with one attached hydrogen (secondary N) is 1. The molecule has 0 spiro atoms. The first kappa shape index (κ1) is 31.8. The summed E-state index contributed by atoms with van der Waals surface area (Å²) in [6.07, 6.45) is 9.41. The Hall–Kier alpha value is -3.15. The van der Waals surface area contributed by atoms with Gasteiger partial charge < -0.3 is 24.3 Å². The third-order valence-electron chi connectivity index (χ3n) is 8.83. The van der Waals surface area contributed by atoms with Crippen LogP contribution in [-0.4, -0.2) is 68.8 Å². The smallest absolute Gasteiger partial charge is 0.407 e. The number of alkyl carbamates (subject to hydrolysis) is 1. The Morgan fingerprint density at radius 2 is 1.82 bits per heavy atom. The molecule has 12 heteroatoms. The minimum absolute atomic E-state index is 0.0771. The van der Waals surface area contributed by atoms with E-state index in [0.717, 1.165) is 76.3 Å². The van der Waals surface area contributed by atoms with E-state index in [1.54, 1.807) is 4.68 Å². The molecule has 2 aliphatic heterocycles. The zero-order chi connectivity index (χ0) is 32.3. The summed E-state index contributed by atoms with van der Waals surface area (Å²) in [6.45, 7) is 15.9. The van der Waals surface area contributed by atoms with E-state index in [2.05, 4.69) is 58.7 Å². The summed E-state index contributed by atoms with van der Waals surface area (Å²) in [7, 11) is 0.682. The first-order chi connectivity index (χ1) is 21.2. The van der Waals surface area contributed by atoms with Crippen molar-refractivity contribution in [1.29, 1.82) is 0 Å². The maximum atomic E-state index is 12.5. The van der Waals surface area contributed by atoms with Crippen molar-refractivity contribution in [3.63, 3.8) is 0 Å². The number of hydrogen-bond acceptors (Lipinski definition) is 7. The van der Waals surface area contributed by atoms with Crippen molar-refractivity contribution in [3.05, 3.63) is 35.2 Å². The van der Waals surface area contributed by atoms with Crippen molar-refractivity contribution in [2.45, 2.75) is 110 Å². The summed E-state index contributed by atoms with van der Waals surface area (Å²) < 4.78 is 15.6. The molecule has 1 amide bonds. The summed E-state index contributed by atoms with van der Waals surface area (Å²) in [6, 6.07) is 3.82. The van der Waals surface area contributed by atoms with E-state index in [1.165, 1.54) is 0 Å². The molecule has 2 saturated heterocycles. The third-order valence-corrected chi connectivity index (χ3v) is 10.9. The number of nitrogens with zero attached hydrogens (tertiary/aromatic N) is 6. The molecule has 3 atom stereocenters. The number of aryl methyl sites for hydroxylation is 2. The maximum absolute atomic E-state index is 12.5. The molecule has 2 bridgehead atoms. The van der Waals surface area contributed by atoms with Crippen LogP contribution >= 0.6 is 11.6 Å². The number of ether oxygens (including phenoxy) is 2. The second-order valence-corrected chi connectivity index (χ2v) is 21.0. The predicted octanol–water partition coefficient (Wildman–Crippen LogP) is 7.28. The number of aromatic nitrogens is 5. The van der Waals surface area contributed by atoms with E-state index in [0.29, 0.717) is 18.4 Å². The van der Waals surface area contributed by atoms with Crippen molar-refractivity contribution < 1.29 is 14.3 Å². The predicted molar refractivity (Wildman–Crippen MR) is 183 cm³/mol. The Kier molecular flexibility index (Phi) is 8.41. The van der Waals surface area contributed by atoms with Gasteiger partial charge in [-0.3, -0.25) is 4.68 Å². The standard InChI is InChI=1S/C33H46ClN7O3Si/c1-20-13-24(28(34)26-17-39(5)38-29(20)26)25-18-40(19-43-11-12-45(6,7)8)31-30(25)35-16-27(37-31)41-22-9-10-23(41)15-21(14-22)36-32(42)44-33(2,3)4/h13,16-18,21-23H,9-12,14-15,19H2,1-8H3,(H,36,42)/t21?,22-,23+. The average molecular weight is 652 g/mol. The molecule has 242 valence electrons. The number of fused-ring (bicyclic) bond motifs is 4. The minimum atomic E-state index is -1.23. The molecule has 0 radical (unpaired) electrons. The Morgan fingerprint density at radius 3 is 2.49 bits per heavy atom. The van der Waals surface area contributed by atoms with E-state index >= 15 is 0 Å².